The van der Waals surface area contributed by atoms with Crippen molar-refractivity contribution in [3.05, 3.63) is 82.9 Å². The summed E-state index contributed by atoms with van der Waals surface area (Å²) in [4.78, 5) is 19.7. The lowest BCUT2D eigenvalue weighted by Crippen LogP contribution is -2.57. The van der Waals surface area contributed by atoms with Crippen molar-refractivity contribution in [1.29, 1.82) is 0 Å². The predicted octanol–water partition coefficient (Wildman–Crippen LogP) is 7.20. The maximum atomic E-state index is 13.7. The SMILES string of the molecule is CC1CN(CCN2CCN(C(=O)c3cc(C(F)(F)F)cc(C(F)(F)F)c3)C(Cc3ccc4ccccc4c3)C2)CC(C)O1.Cl.Cl. The highest BCUT2D eigenvalue weighted by Crippen LogP contribution is 2.37. The molecule has 0 saturated carbocycles. The first kappa shape index (κ1) is 36.9. The fourth-order valence-electron chi connectivity index (χ4n) is 6.20. The van der Waals surface area contributed by atoms with E-state index in [4.69, 9.17) is 4.74 Å². The Morgan fingerprint density at radius 2 is 1.33 bits per heavy atom. The largest absolute Gasteiger partial charge is 0.416 e. The molecule has 3 aromatic rings. The number of hydrogen-bond acceptors (Lipinski definition) is 4. The third-order valence-electron chi connectivity index (χ3n) is 8.18. The third-order valence-corrected chi connectivity index (χ3v) is 8.18. The number of amides is 1. The molecule has 0 radical (unpaired) electrons. The van der Waals surface area contributed by atoms with Gasteiger partial charge < -0.3 is 9.64 Å². The molecule has 5 rings (SSSR count). The van der Waals surface area contributed by atoms with Gasteiger partial charge in [0.15, 0.2) is 0 Å². The smallest absolute Gasteiger partial charge is 0.373 e. The first-order valence-corrected chi connectivity index (χ1v) is 14.4. The minimum absolute atomic E-state index is 0. The highest BCUT2D eigenvalue weighted by atomic mass is 35.5. The van der Waals surface area contributed by atoms with E-state index in [1.165, 1.54) is 4.90 Å². The summed E-state index contributed by atoms with van der Waals surface area (Å²) in [7, 11) is 0. The molecule has 0 N–H and O–H groups in total. The van der Waals surface area contributed by atoms with Crippen LogP contribution in [0.3, 0.4) is 0 Å². The highest BCUT2D eigenvalue weighted by molar-refractivity contribution is 5.95. The summed E-state index contributed by atoms with van der Waals surface area (Å²) in [6.45, 7) is 8.27. The second-order valence-electron chi connectivity index (χ2n) is 11.7. The molecule has 2 fully saturated rings. The highest BCUT2D eigenvalue weighted by Gasteiger charge is 2.39. The van der Waals surface area contributed by atoms with Crippen molar-refractivity contribution in [2.75, 3.05) is 45.8 Å². The molecule has 1 amide bonds. The average Bonchev–Trinajstić information content (AvgIpc) is 2.94. The number of carbonyl (C=O) groups excluding carboxylic acids is 1. The van der Waals surface area contributed by atoms with Crippen LogP contribution in [0.15, 0.2) is 60.7 Å². The van der Waals surface area contributed by atoms with Gasteiger partial charge in [-0.2, -0.15) is 26.3 Å². The Morgan fingerprint density at radius 3 is 1.93 bits per heavy atom. The van der Waals surface area contributed by atoms with Gasteiger partial charge in [0, 0.05) is 57.4 Å². The van der Waals surface area contributed by atoms with Crippen molar-refractivity contribution in [3.8, 4) is 0 Å². The molecule has 2 aliphatic heterocycles. The number of halogens is 8. The summed E-state index contributed by atoms with van der Waals surface area (Å²) < 4.78 is 87.2. The molecule has 5 nitrogen and oxygen atoms in total. The topological polar surface area (TPSA) is 36.0 Å². The Labute approximate surface area is 271 Å². The molecule has 2 aliphatic rings. The van der Waals surface area contributed by atoms with E-state index in [0.717, 1.165) is 42.5 Å². The molecule has 2 heterocycles. The summed E-state index contributed by atoms with van der Waals surface area (Å²) in [5.74, 6) is -0.835. The third kappa shape index (κ3) is 9.25. The van der Waals surface area contributed by atoms with Crippen LogP contribution in [0.25, 0.3) is 10.8 Å². The number of nitrogens with zero attached hydrogens (tertiary/aromatic N) is 3. The lowest BCUT2D eigenvalue weighted by atomic mass is 9.97. The molecule has 0 bridgehead atoms. The summed E-state index contributed by atoms with van der Waals surface area (Å²) in [6.07, 6.45) is -9.42. The van der Waals surface area contributed by atoms with Gasteiger partial charge in [-0.05, 0) is 54.8 Å². The quantitative estimate of drug-likeness (QED) is 0.258. The van der Waals surface area contributed by atoms with Gasteiger partial charge in [0.05, 0.1) is 23.3 Å². The molecule has 45 heavy (non-hydrogen) atoms. The van der Waals surface area contributed by atoms with Crippen LogP contribution in [0.4, 0.5) is 26.3 Å². The van der Waals surface area contributed by atoms with Crippen molar-refractivity contribution in [1.82, 2.24) is 14.7 Å². The normalized spacial score (nSPS) is 21.7. The second-order valence-corrected chi connectivity index (χ2v) is 11.7. The van der Waals surface area contributed by atoms with E-state index in [-0.39, 0.29) is 49.6 Å². The average molecular weight is 681 g/mol. The molecule has 2 saturated heterocycles. The van der Waals surface area contributed by atoms with Crippen LogP contribution in [0.5, 0.6) is 0 Å². The lowest BCUT2D eigenvalue weighted by molar-refractivity contribution is -0.143. The maximum Gasteiger partial charge on any atom is 0.416 e. The van der Waals surface area contributed by atoms with E-state index in [2.05, 4.69) is 9.80 Å². The van der Waals surface area contributed by atoms with Crippen LogP contribution < -0.4 is 0 Å². The Morgan fingerprint density at radius 1 is 0.756 bits per heavy atom. The van der Waals surface area contributed by atoms with E-state index in [9.17, 15) is 31.1 Å². The van der Waals surface area contributed by atoms with E-state index in [0.29, 0.717) is 31.6 Å². The molecule has 3 unspecified atom stereocenters. The molecule has 3 aromatic carbocycles. The van der Waals surface area contributed by atoms with Crippen molar-refractivity contribution >= 4 is 41.5 Å². The fourth-order valence-corrected chi connectivity index (χ4v) is 6.20. The molecule has 248 valence electrons. The number of fused-ring (bicyclic) bond motifs is 1. The van der Waals surface area contributed by atoms with Gasteiger partial charge in [-0.1, -0.05) is 42.5 Å². The van der Waals surface area contributed by atoms with Gasteiger partial charge >= 0.3 is 12.4 Å². The van der Waals surface area contributed by atoms with E-state index < -0.39 is 41.0 Å². The maximum absolute atomic E-state index is 13.7. The minimum Gasteiger partial charge on any atom is -0.373 e. The predicted molar refractivity (Wildman–Crippen MR) is 166 cm³/mol. The monoisotopic (exact) mass is 679 g/mol. The number of ether oxygens (including phenoxy) is 1. The number of benzene rings is 3. The van der Waals surface area contributed by atoms with Crippen LogP contribution in [-0.4, -0.2) is 84.7 Å². The van der Waals surface area contributed by atoms with Crippen LogP contribution in [0.1, 0.15) is 40.9 Å². The molecular formula is C32H37Cl2F6N3O2. The van der Waals surface area contributed by atoms with Gasteiger partial charge in [-0.15, -0.1) is 24.8 Å². The first-order chi connectivity index (χ1) is 20.3. The molecular weight excluding hydrogens is 643 g/mol. The van der Waals surface area contributed by atoms with Crippen molar-refractivity contribution in [2.45, 2.75) is 50.9 Å². The Hall–Kier alpha value is -2.57. The van der Waals surface area contributed by atoms with Gasteiger partial charge in [0.25, 0.3) is 5.91 Å². The lowest BCUT2D eigenvalue weighted by Gasteiger charge is -2.43. The fraction of sp³-hybridized carbons (Fsp3) is 0.469. The minimum atomic E-state index is -5.03. The number of carbonyl (C=O) groups is 1. The van der Waals surface area contributed by atoms with Crippen LogP contribution in [0, 0.1) is 0 Å². The van der Waals surface area contributed by atoms with Gasteiger partial charge in [0.1, 0.15) is 0 Å². The molecule has 13 heteroatoms. The van der Waals surface area contributed by atoms with E-state index in [1.54, 1.807) is 0 Å². The standard InChI is InChI=1S/C32H35F6N3O2.2ClH/c1-21-18-40(19-22(2)43-21)10-9-39-11-12-41(29(20-39)14-23-7-8-24-5-3-4-6-25(24)13-23)30(42)26-15-27(31(33,34)35)17-28(16-26)32(36,37)38;;/h3-8,13,15-17,21-22,29H,9-12,14,18-20H2,1-2H3;2*1H. The van der Waals surface area contributed by atoms with Gasteiger partial charge in [0.2, 0.25) is 0 Å². The Kier molecular flexibility index (Phi) is 12.2. The Balaban J connectivity index is 0.00000276. The van der Waals surface area contributed by atoms with Crippen molar-refractivity contribution < 1.29 is 35.9 Å². The molecule has 3 atom stereocenters. The number of rotatable bonds is 6. The van der Waals surface area contributed by atoms with E-state index >= 15 is 0 Å². The van der Waals surface area contributed by atoms with Crippen LogP contribution >= 0.6 is 24.8 Å². The van der Waals surface area contributed by atoms with Crippen molar-refractivity contribution in [2.24, 2.45) is 0 Å². The summed E-state index contributed by atoms with van der Waals surface area (Å²) in [5.41, 5.74) is -2.68. The first-order valence-electron chi connectivity index (χ1n) is 14.4. The second kappa shape index (κ2) is 14.9. The number of alkyl halides is 6. The zero-order valence-corrected chi connectivity index (χ0v) is 26.5. The summed E-state index contributed by atoms with van der Waals surface area (Å²) in [5, 5.41) is 2.05. The molecule has 0 spiro atoms. The van der Waals surface area contributed by atoms with Gasteiger partial charge in [-0.3, -0.25) is 14.6 Å². The van der Waals surface area contributed by atoms with E-state index in [1.807, 2.05) is 56.3 Å². The summed E-state index contributed by atoms with van der Waals surface area (Å²) >= 11 is 0. The zero-order chi connectivity index (χ0) is 30.9. The zero-order valence-electron chi connectivity index (χ0n) is 24.9. The molecule has 0 aromatic heterocycles. The number of hydrogen-bond donors (Lipinski definition) is 0. The van der Waals surface area contributed by atoms with Crippen LogP contribution in [-0.2, 0) is 23.5 Å². The van der Waals surface area contributed by atoms with Crippen LogP contribution in [0.2, 0.25) is 0 Å². The van der Waals surface area contributed by atoms with Gasteiger partial charge in [-0.25, -0.2) is 0 Å². The summed E-state index contributed by atoms with van der Waals surface area (Å²) in [6, 6.07) is 14.4. The van der Waals surface area contributed by atoms with Crippen molar-refractivity contribution in [3.63, 3.8) is 0 Å². The number of piperazine rings is 1. The number of morpholine rings is 1. The molecule has 0 aliphatic carbocycles. The Bertz CT molecular complexity index is 1410.